The number of thiazole rings is 1. The first-order valence-electron chi connectivity index (χ1n) is 10.3. The Morgan fingerprint density at radius 1 is 1.29 bits per heavy atom. The van der Waals surface area contributed by atoms with Crippen LogP contribution in [0.1, 0.15) is 29.7 Å². The van der Waals surface area contributed by atoms with E-state index < -0.39 is 15.9 Å². The fourth-order valence-electron chi connectivity index (χ4n) is 4.04. The van der Waals surface area contributed by atoms with E-state index in [1.54, 1.807) is 11.1 Å². The monoisotopic (exact) mass is 458 g/mol. The molecule has 1 unspecified atom stereocenters. The molecule has 3 heterocycles. The topological polar surface area (TPSA) is 83.5 Å². The van der Waals surface area contributed by atoms with Crippen LogP contribution in [0.25, 0.3) is 10.2 Å². The predicted octanol–water partition coefficient (Wildman–Crippen LogP) is 3.51. The number of aromatic nitrogens is 2. The summed E-state index contributed by atoms with van der Waals surface area (Å²) in [5, 5.41) is 0.621. The van der Waals surface area contributed by atoms with Crippen molar-refractivity contribution in [3.05, 3.63) is 53.3 Å². The van der Waals surface area contributed by atoms with Gasteiger partial charge in [0.05, 0.1) is 34.6 Å². The van der Waals surface area contributed by atoms with Crippen LogP contribution in [-0.4, -0.2) is 47.9 Å². The second-order valence-corrected chi connectivity index (χ2v) is 11.1. The van der Waals surface area contributed by atoms with Gasteiger partial charge in [0.1, 0.15) is 0 Å². The number of carbonyl (C=O) groups is 1. The third kappa shape index (κ3) is 4.78. The predicted molar refractivity (Wildman–Crippen MR) is 124 cm³/mol. The number of hydrogen-bond donors (Lipinski definition) is 0. The summed E-state index contributed by atoms with van der Waals surface area (Å²) < 4.78 is 26.6. The van der Waals surface area contributed by atoms with Crippen molar-refractivity contribution in [3.8, 4) is 0 Å². The van der Waals surface area contributed by atoms with E-state index in [0.29, 0.717) is 31.1 Å². The van der Waals surface area contributed by atoms with Crippen LogP contribution < -0.4 is 4.90 Å². The largest absolute Gasteiger partial charge is 0.282 e. The lowest BCUT2D eigenvalue weighted by Gasteiger charge is -2.32. The van der Waals surface area contributed by atoms with Crippen molar-refractivity contribution in [2.24, 2.45) is 5.92 Å². The maximum atomic E-state index is 13.6. The molecular formula is C22H26N4O3S2. The van der Waals surface area contributed by atoms with Gasteiger partial charge in [-0.3, -0.25) is 14.7 Å². The average Bonchev–Trinajstić information content (AvgIpc) is 3.16. The molecule has 4 rings (SSSR count). The summed E-state index contributed by atoms with van der Waals surface area (Å²) in [5.74, 6) is -0.505. The van der Waals surface area contributed by atoms with Crippen LogP contribution >= 0.6 is 11.3 Å². The lowest BCUT2D eigenvalue weighted by atomic mass is 9.98. The average molecular weight is 459 g/mol. The molecule has 0 aliphatic carbocycles. The van der Waals surface area contributed by atoms with E-state index in [1.807, 2.05) is 38.1 Å². The Hall–Kier alpha value is -2.36. The SMILES string of the molecule is Cc1cc(C)c2sc(N(Cc3ccccn3)C(=O)C3CCCN(S(C)(=O)=O)C3)nc2c1. The number of benzene rings is 1. The minimum atomic E-state index is -3.34. The number of fused-ring (bicyclic) bond motifs is 1. The molecule has 9 heteroatoms. The van der Waals surface area contributed by atoms with Crippen LogP contribution in [0.2, 0.25) is 0 Å². The summed E-state index contributed by atoms with van der Waals surface area (Å²) in [5.41, 5.74) is 3.89. The van der Waals surface area contributed by atoms with Crippen molar-refractivity contribution in [2.75, 3.05) is 24.2 Å². The van der Waals surface area contributed by atoms with Gasteiger partial charge in [-0.05, 0) is 56.0 Å². The normalized spacial score (nSPS) is 17.7. The molecule has 1 aliphatic rings. The number of rotatable bonds is 5. The third-order valence-corrected chi connectivity index (χ3v) is 8.05. The molecule has 3 aromatic rings. The quantitative estimate of drug-likeness (QED) is 0.584. The number of hydrogen-bond acceptors (Lipinski definition) is 6. The standard InChI is InChI=1S/C22H26N4O3S2/c1-15-11-16(2)20-19(12-15)24-22(30-20)26(14-18-8-4-5-9-23-18)21(27)17-7-6-10-25(13-17)31(3,28)29/h4-5,8-9,11-12,17H,6-7,10,13-14H2,1-3H3. The van der Waals surface area contributed by atoms with Crippen molar-refractivity contribution in [2.45, 2.75) is 33.2 Å². The Kier molecular flexibility index (Phi) is 6.09. The minimum absolute atomic E-state index is 0.104. The van der Waals surface area contributed by atoms with Gasteiger partial charge in [-0.25, -0.2) is 17.7 Å². The number of amides is 1. The van der Waals surface area contributed by atoms with Crippen LogP contribution in [0.5, 0.6) is 0 Å². The van der Waals surface area contributed by atoms with Gasteiger partial charge < -0.3 is 0 Å². The summed E-state index contributed by atoms with van der Waals surface area (Å²) in [6, 6.07) is 9.75. The summed E-state index contributed by atoms with van der Waals surface area (Å²) in [7, 11) is -3.34. The summed E-state index contributed by atoms with van der Waals surface area (Å²) in [4.78, 5) is 24.5. The Balaban J connectivity index is 1.71. The first kappa shape index (κ1) is 21.9. The van der Waals surface area contributed by atoms with E-state index in [1.165, 1.54) is 21.9 Å². The van der Waals surface area contributed by atoms with Gasteiger partial charge in [0.2, 0.25) is 15.9 Å². The zero-order valence-electron chi connectivity index (χ0n) is 17.9. The van der Waals surface area contributed by atoms with Crippen molar-refractivity contribution in [3.63, 3.8) is 0 Å². The van der Waals surface area contributed by atoms with E-state index in [2.05, 4.69) is 11.1 Å². The zero-order valence-corrected chi connectivity index (χ0v) is 19.5. The van der Waals surface area contributed by atoms with Crippen LogP contribution in [0, 0.1) is 19.8 Å². The van der Waals surface area contributed by atoms with E-state index in [4.69, 9.17) is 4.98 Å². The molecule has 0 spiro atoms. The highest BCUT2D eigenvalue weighted by Crippen LogP contribution is 2.34. The molecule has 1 saturated heterocycles. The molecule has 31 heavy (non-hydrogen) atoms. The molecule has 1 aliphatic heterocycles. The number of carbonyl (C=O) groups excluding carboxylic acids is 1. The molecule has 1 fully saturated rings. The number of anilines is 1. The Labute approximate surface area is 186 Å². The van der Waals surface area contributed by atoms with Gasteiger partial charge in [-0.1, -0.05) is 23.5 Å². The number of piperidine rings is 1. The van der Waals surface area contributed by atoms with Crippen LogP contribution in [0.4, 0.5) is 5.13 Å². The lowest BCUT2D eigenvalue weighted by molar-refractivity contribution is -0.123. The summed E-state index contributed by atoms with van der Waals surface area (Å²) in [6.07, 6.45) is 4.23. The van der Waals surface area contributed by atoms with E-state index in [-0.39, 0.29) is 12.5 Å². The van der Waals surface area contributed by atoms with Gasteiger partial charge in [-0.15, -0.1) is 0 Å². The van der Waals surface area contributed by atoms with Gasteiger partial charge in [0, 0.05) is 19.3 Å². The molecule has 0 N–H and O–H groups in total. The van der Waals surface area contributed by atoms with Crippen molar-refractivity contribution < 1.29 is 13.2 Å². The molecule has 1 atom stereocenters. The molecule has 1 aromatic carbocycles. The number of pyridine rings is 1. The van der Waals surface area contributed by atoms with Gasteiger partial charge >= 0.3 is 0 Å². The first-order valence-corrected chi connectivity index (χ1v) is 12.9. The second-order valence-electron chi connectivity index (χ2n) is 8.13. The molecule has 2 aromatic heterocycles. The third-order valence-electron chi connectivity index (χ3n) is 5.55. The van der Waals surface area contributed by atoms with Crippen LogP contribution in [-0.2, 0) is 21.4 Å². The minimum Gasteiger partial charge on any atom is -0.282 e. The maximum absolute atomic E-state index is 13.6. The van der Waals surface area contributed by atoms with Crippen molar-refractivity contribution in [1.82, 2.24) is 14.3 Å². The van der Waals surface area contributed by atoms with Crippen molar-refractivity contribution >= 4 is 42.6 Å². The lowest BCUT2D eigenvalue weighted by Crippen LogP contribution is -2.46. The van der Waals surface area contributed by atoms with E-state index in [9.17, 15) is 13.2 Å². The van der Waals surface area contributed by atoms with Gasteiger partial charge in [-0.2, -0.15) is 0 Å². The Morgan fingerprint density at radius 3 is 2.81 bits per heavy atom. The number of sulfonamides is 1. The fourth-order valence-corrected chi connectivity index (χ4v) is 5.97. The molecule has 0 bridgehead atoms. The van der Waals surface area contributed by atoms with Gasteiger partial charge in [0.15, 0.2) is 5.13 Å². The highest BCUT2D eigenvalue weighted by molar-refractivity contribution is 7.88. The van der Waals surface area contributed by atoms with Gasteiger partial charge in [0.25, 0.3) is 0 Å². The second kappa shape index (κ2) is 8.64. The summed E-state index contributed by atoms with van der Waals surface area (Å²) in [6.45, 7) is 5.05. The highest BCUT2D eigenvalue weighted by atomic mass is 32.2. The highest BCUT2D eigenvalue weighted by Gasteiger charge is 2.34. The van der Waals surface area contributed by atoms with E-state index >= 15 is 0 Å². The number of nitrogens with zero attached hydrogens (tertiary/aromatic N) is 4. The number of aryl methyl sites for hydroxylation is 2. The van der Waals surface area contributed by atoms with Crippen LogP contribution in [0.15, 0.2) is 36.5 Å². The maximum Gasteiger partial charge on any atom is 0.233 e. The fraction of sp³-hybridized carbons (Fsp3) is 0.409. The Bertz CT molecular complexity index is 1210. The first-order chi connectivity index (χ1) is 14.7. The van der Waals surface area contributed by atoms with E-state index in [0.717, 1.165) is 27.0 Å². The zero-order chi connectivity index (χ0) is 22.2. The smallest absolute Gasteiger partial charge is 0.233 e. The summed E-state index contributed by atoms with van der Waals surface area (Å²) >= 11 is 1.49. The Morgan fingerprint density at radius 2 is 2.10 bits per heavy atom. The van der Waals surface area contributed by atoms with Crippen LogP contribution in [0.3, 0.4) is 0 Å². The molecule has 164 valence electrons. The molecule has 1 amide bonds. The van der Waals surface area contributed by atoms with Crippen molar-refractivity contribution in [1.29, 1.82) is 0 Å². The molecule has 0 saturated carbocycles. The molecule has 0 radical (unpaired) electrons. The molecular weight excluding hydrogens is 432 g/mol. The molecule has 7 nitrogen and oxygen atoms in total.